The molecule has 3 heterocycles. The summed E-state index contributed by atoms with van der Waals surface area (Å²) in [5, 5.41) is 0. The zero-order valence-corrected chi connectivity index (χ0v) is 14.3. The highest BCUT2D eigenvalue weighted by atomic mass is 16.2. The average molecular weight is 335 g/mol. The summed E-state index contributed by atoms with van der Waals surface area (Å²) < 4.78 is 1.97. The Morgan fingerprint density at radius 1 is 1.16 bits per heavy atom. The Morgan fingerprint density at radius 2 is 1.96 bits per heavy atom. The van der Waals surface area contributed by atoms with E-state index in [1.54, 1.807) is 11.2 Å². The number of carbonyl (C=O) groups excluding carboxylic acids is 1. The third-order valence-electron chi connectivity index (χ3n) is 5.57. The van der Waals surface area contributed by atoms with Crippen molar-refractivity contribution < 1.29 is 4.79 Å². The van der Waals surface area contributed by atoms with Gasteiger partial charge in [0.05, 0.1) is 18.4 Å². The van der Waals surface area contributed by atoms with Crippen LogP contribution in [0.4, 0.5) is 5.82 Å². The summed E-state index contributed by atoms with van der Waals surface area (Å²) >= 11 is 0. The molecule has 0 spiro atoms. The lowest BCUT2D eigenvalue weighted by Crippen LogP contribution is -2.52. The Morgan fingerprint density at radius 3 is 2.80 bits per heavy atom. The van der Waals surface area contributed by atoms with Crippen LogP contribution >= 0.6 is 0 Å². The van der Waals surface area contributed by atoms with E-state index in [1.807, 2.05) is 29.8 Å². The van der Waals surface area contributed by atoms with Crippen LogP contribution in [0.5, 0.6) is 0 Å². The van der Waals surface area contributed by atoms with Crippen LogP contribution in [0, 0.1) is 0 Å². The van der Waals surface area contributed by atoms with Gasteiger partial charge in [-0.3, -0.25) is 14.6 Å². The van der Waals surface area contributed by atoms with Gasteiger partial charge in [0.25, 0.3) is 5.91 Å². The molecule has 128 valence electrons. The van der Waals surface area contributed by atoms with Crippen molar-refractivity contribution in [2.75, 3.05) is 11.9 Å². The highest BCUT2D eigenvalue weighted by Gasteiger charge is 2.47. The predicted molar refractivity (Wildman–Crippen MR) is 95.8 cm³/mol. The van der Waals surface area contributed by atoms with E-state index >= 15 is 0 Å². The lowest BCUT2D eigenvalue weighted by Gasteiger charge is -2.36. The number of aromatic nitrogens is 2. The van der Waals surface area contributed by atoms with Crippen molar-refractivity contribution in [3.8, 4) is 0 Å². The zero-order valence-electron chi connectivity index (χ0n) is 14.3. The lowest BCUT2D eigenvalue weighted by molar-refractivity contribution is 0.0855. The van der Waals surface area contributed by atoms with Gasteiger partial charge in [-0.1, -0.05) is 43.2 Å². The second-order valence-electron chi connectivity index (χ2n) is 7.11. The third kappa shape index (κ3) is 2.13. The molecule has 0 saturated heterocycles. The van der Waals surface area contributed by atoms with Gasteiger partial charge in [-0.2, -0.15) is 0 Å². The van der Waals surface area contributed by atoms with Crippen molar-refractivity contribution in [1.82, 2.24) is 14.5 Å². The quantitative estimate of drug-likeness (QED) is 0.847. The van der Waals surface area contributed by atoms with Crippen LogP contribution in [0.2, 0.25) is 0 Å². The van der Waals surface area contributed by atoms with E-state index in [1.165, 1.54) is 12.8 Å². The van der Waals surface area contributed by atoms with Crippen molar-refractivity contribution in [2.45, 2.75) is 44.3 Å². The van der Waals surface area contributed by atoms with Crippen LogP contribution in [0.1, 0.15) is 41.7 Å². The summed E-state index contributed by atoms with van der Waals surface area (Å²) in [7, 11) is 1.83. The molecule has 3 aliphatic rings. The molecule has 5 rings (SSSR count). The maximum atomic E-state index is 13.0. The smallest absolute Gasteiger partial charge is 0.280 e. The van der Waals surface area contributed by atoms with Crippen LogP contribution in [0.15, 0.2) is 41.7 Å². The summed E-state index contributed by atoms with van der Waals surface area (Å²) in [6, 6.07) is 10.8. The first-order valence-electron chi connectivity index (χ1n) is 8.98. The number of benzene rings is 1. The Bertz CT molecular complexity index is 856. The molecule has 6 nitrogen and oxygen atoms in total. The number of hydrogen-bond donors (Lipinski definition) is 0. The van der Waals surface area contributed by atoms with Crippen LogP contribution in [-0.4, -0.2) is 45.4 Å². The molecule has 1 amide bonds. The highest BCUT2D eigenvalue weighted by Crippen LogP contribution is 2.38. The van der Waals surface area contributed by atoms with Crippen LogP contribution in [0.25, 0.3) is 0 Å². The molecule has 6 heteroatoms. The van der Waals surface area contributed by atoms with Gasteiger partial charge >= 0.3 is 0 Å². The van der Waals surface area contributed by atoms with Gasteiger partial charge in [0.15, 0.2) is 11.5 Å². The average Bonchev–Trinajstić information content (AvgIpc) is 3.22. The molecule has 0 unspecified atom stereocenters. The first-order valence-corrected chi connectivity index (χ1v) is 8.98. The number of imidazole rings is 1. The van der Waals surface area contributed by atoms with Crippen molar-refractivity contribution in [3.05, 3.63) is 47.9 Å². The van der Waals surface area contributed by atoms with Crippen LogP contribution < -0.4 is 4.90 Å². The Hall–Kier alpha value is -2.63. The summed E-state index contributed by atoms with van der Waals surface area (Å²) in [4.78, 5) is 26.4. The van der Waals surface area contributed by atoms with E-state index in [0.29, 0.717) is 24.3 Å². The van der Waals surface area contributed by atoms with Gasteiger partial charge in [0.1, 0.15) is 0 Å². The fourth-order valence-corrected chi connectivity index (χ4v) is 4.32. The summed E-state index contributed by atoms with van der Waals surface area (Å²) in [6.07, 6.45) is 6.46. The highest BCUT2D eigenvalue weighted by molar-refractivity contribution is 6.18. The molecule has 2 atom stereocenters. The molecule has 2 aromatic rings. The molecule has 0 bridgehead atoms. The predicted octanol–water partition coefficient (Wildman–Crippen LogP) is 2.50. The molecule has 25 heavy (non-hydrogen) atoms. The minimum absolute atomic E-state index is 0.0166. The van der Waals surface area contributed by atoms with E-state index in [2.05, 4.69) is 22.0 Å². The van der Waals surface area contributed by atoms with E-state index in [4.69, 9.17) is 4.99 Å². The van der Waals surface area contributed by atoms with Crippen molar-refractivity contribution >= 4 is 17.7 Å². The molecule has 0 N–H and O–H groups in total. The van der Waals surface area contributed by atoms with Crippen molar-refractivity contribution in [1.29, 1.82) is 0 Å². The maximum absolute atomic E-state index is 13.0. The number of anilines is 1. The Labute approximate surface area is 146 Å². The summed E-state index contributed by atoms with van der Waals surface area (Å²) in [5.41, 5.74) is 1.84. The van der Waals surface area contributed by atoms with E-state index in [0.717, 1.165) is 30.2 Å². The molecule has 1 aliphatic carbocycles. The van der Waals surface area contributed by atoms with Crippen LogP contribution in [0.3, 0.4) is 0 Å². The fraction of sp³-hybridized carbons (Fsp3) is 0.421. The van der Waals surface area contributed by atoms with Gasteiger partial charge < -0.3 is 4.57 Å². The lowest BCUT2D eigenvalue weighted by atomic mass is 9.90. The van der Waals surface area contributed by atoms with Crippen molar-refractivity contribution in [2.24, 2.45) is 4.99 Å². The first-order chi connectivity index (χ1) is 12.2. The fourth-order valence-electron chi connectivity index (χ4n) is 4.32. The number of nitrogens with zero attached hydrogens (tertiary/aromatic N) is 5. The first kappa shape index (κ1) is 14.7. The van der Waals surface area contributed by atoms with Gasteiger partial charge in [0.2, 0.25) is 5.96 Å². The summed E-state index contributed by atoms with van der Waals surface area (Å²) in [5.74, 6) is 1.55. The number of carbonyl (C=O) groups is 1. The Kier molecular flexibility index (Phi) is 3.20. The van der Waals surface area contributed by atoms with Crippen LogP contribution in [-0.2, 0) is 6.54 Å². The maximum Gasteiger partial charge on any atom is 0.280 e. The standard InChI is InChI=1S/C19H21N5O/c1-22-18(25)16-17(20-12-23(16)11-13-7-3-2-4-8-13)24-15-10-6-5-9-14(15)21-19(22)24/h2-4,7-8,12,14-15H,5-6,9-11H2,1H3/t14-,15+/m1/s1. The van der Waals surface area contributed by atoms with E-state index < -0.39 is 0 Å². The molecule has 0 radical (unpaired) electrons. The number of aliphatic imine (C=N–C) groups is 1. The molecule has 1 fully saturated rings. The number of rotatable bonds is 2. The number of guanidine groups is 1. The van der Waals surface area contributed by atoms with Gasteiger partial charge in [-0.25, -0.2) is 9.98 Å². The zero-order chi connectivity index (χ0) is 17.0. The molecule has 2 aliphatic heterocycles. The molecular formula is C19H21N5O. The number of amides is 1. The normalized spacial score (nSPS) is 24.7. The monoisotopic (exact) mass is 335 g/mol. The number of hydrogen-bond acceptors (Lipinski definition) is 4. The molecule has 1 saturated carbocycles. The summed E-state index contributed by atoms with van der Waals surface area (Å²) in [6.45, 7) is 0.650. The van der Waals surface area contributed by atoms with E-state index in [9.17, 15) is 4.79 Å². The SMILES string of the molecule is CN1C(=O)c2c(ncn2Cc2ccccc2)N2C1=N[C@@H]1CCCC[C@@H]12. The third-order valence-corrected chi connectivity index (χ3v) is 5.57. The van der Waals surface area contributed by atoms with Gasteiger partial charge in [-0.05, 0) is 18.4 Å². The van der Waals surface area contributed by atoms with Gasteiger partial charge in [0, 0.05) is 13.6 Å². The molecular weight excluding hydrogens is 314 g/mol. The largest absolute Gasteiger partial charge is 0.320 e. The minimum Gasteiger partial charge on any atom is -0.320 e. The van der Waals surface area contributed by atoms with E-state index in [-0.39, 0.29) is 5.91 Å². The van der Waals surface area contributed by atoms with Crippen molar-refractivity contribution in [3.63, 3.8) is 0 Å². The second-order valence-corrected chi connectivity index (χ2v) is 7.11. The Balaban J connectivity index is 1.57. The molecule has 1 aromatic carbocycles. The molecule has 1 aromatic heterocycles. The minimum atomic E-state index is -0.0166. The van der Waals surface area contributed by atoms with Gasteiger partial charge in [-0.15, -0.1) is 0 Å². The topological polar surface area (TPSA) is 53.7 Å². The second kappa shape index (κ2) is 5.44. The number of fused-ring (bicyclic) bond motifs is 5.